The highest BCUT2D eigenvalue weighted by Gasteiger charge is 2.21. The van der Waals surface area contributed by atoms with Gasteiger partial charge in [0.2, 0.25) is 21.5 Å². The summed E-state index contributed by atoms with van der Waals surface area (Å²) in [6.07, 6.45) is 0. The summed E-state index contributed by atoms with van der Waals surface area (Å²) < 4.78 is 49.5. The maximum Gasteiger partial charge on any atom is 0.430 e. The monoisotopic (exact) mass is 410 g/mol. The molecule has 28 heavy (non-hydrogen) atoms. The fourth-order valence-electron chi connectivity index (χ4n) is 2.30. The van der Waals surface area contributed by atoms with Crippen LogP contribution in [0.15, 0.2) is 36.4 Å². The quantitative estimate of drug-likeness (QED) is 0.411. The second kappa shape index (κ2) is 11.1. The van der Waals surface area contributed by atoms with E-state index in [2.05, 4.69) is 4.98 Å². The summed E-state index contributed by atoms with van der Waals surface area (Å²) in [5.74, 6) is 1.98. The number of diazo groups is 1. The van der Waals surface area contributed by atoms with Crippen molar-refractivity contribution in [2.24, 2.45) is 0 Å². The van der Waals surface area contributed by atoms with Crippen molar-refractivity contribution < 1.29 is 31.7 Å². The van der Waals surface area contributed by atoms with Gasteiger partial charge in [-0.05, 0) is 38.5 Å². The maximum atomic E-state index is 9.17. The Balaban J connectivity index is 0.000000696. The van der Waals surface area contributed by atoms with Crippen LogP contribution in [0.3, 0.4) is 0 Å². The highest BCUT2D eigenvalue weighted by Crippen LogP contribution is 2.41. The molecule has 2 aromatic rings. The smallest absolute Gasteiger partial charge is 0.430 e. The van der Waals surface area contributed by atoms with E-state index in [0.717, 1.165) is 16.9 Å². The van der Waals surface area contributed by atoms with Crippen LogP contribution in [-0.4, -0.2) is 37.3 Å². The molecule has 9 nitrogen and oxygen atoms in total. The van der Waals surface area contributed by atoms with E-state index in [4.69, 9.17) is 37.1 Å². The number of hydrogen-bond donors (Lipinski definition) is 1. The van der Waals surface area contributed by atoms with Crippen LogP contribution < -0.4 is 14.2 Å². The molecule has 0 bridgehead atoms. The van der Waals surface area contributed by atoms with E-state index in [1.165, 1.54) is 0 Å². The van der Waals surface area contributed by atoms with Crippen molar-refractivity contribution in [2.45, 2.75) is 20.8 Å². The van der Waals surface area contributed by atoms with Gasteiger partial charge in [0, 0.05) is 11.6 Å². The summed E-state index contributed by atoms with van der Waals surface area (Å²) in [6, 6.07) is 11.3. The average Bonchev–Trinajstić information content (AvgIpc) is 2.62. The molecule has 0 amide bonds. The van der Waals surface area contributed by atoms with Gasteiger partial charge in [-0.15, -0.1) is 0 Å². The van der Waals surface area contributed by atoms with Gasteiger partial charge in [-0.2, -0.15) is 0 Å². The molecule has 0 unspecified atom stereocenters. The lowest BCUT2D eigenvalue weighted by Gasteiger charge is -2.12. The van der Waals surface area contributed by atoms with Crippen LogP contribution in [0.25, 0.3) is 16.1 Å². The fourth-order valence-corrected chi connectivity index (χ4v) is 2.30. The molecule has 0 atom stereocenters. The van der Waals surface area contributed by atoms with Crippen molar-refractivity contribution >= 4 is 16.1 Å². The molecule has 2 aromatic carbocycles. The molecule has 1 N–H and O–H groups in total. The van der Waals surface area contributed by atoms with Gasteiger partial charge < -0.3 is 18.8 Å². The van der Waals surface area contributed by atoms with Crippen LogP contribution in [0.1, 0.15) is 20.8 Å². The minimum atomic E-state index is -4.92. The molecule has 152 valence electrons. The zero-order valence-corrected chi connectivity index (χ0v) is 16.6. The summed E-state index contributed by atoms with van der Waals surface area (Å²) >= 11 is 0. The van der Waals surface area contributed by atoms with Gasteiger partial charge in [0.1, 0.15) is 11.5 Å². The molecule has 0 aromatic heterocycles. The third kappa shape index (κ3) is 7.79. The van der Waals surface area contributed by atoms with Crippen LogP contribution in [0, 0.1) is 5.39 Å². The minimum Gasteiger partial charge on any atom is -0.726 e. The lowest BCUT2D eigenvalue weighted by Crippen LogP contribution is -1.97. The third-order valence-electron chi connectivity index (χ3n) is 3.24. The van der Waals surface area contributed by atoms with Crippen molar-refractivity contribution in [1.82, 2.24) is 0 Å². The first-order valence-corrected chi connectivity index (χ1v) is 9.80. The van der Waals surface area contributed by atoms with Gasteiger partial charge in [0.25, 0.3) is 0 Å². The van der Waals surface area contributed by atoms with Crippen molar-refractivity contribution in [1.29, 1.82) is 5.39 Å². The second-order valence-electron chi connectivity index (χ2n) is 5.17. The van der Waals surface area contributed by atoms with Gasteiger partial charge in [-0.3, -0.25) is 4.55 Å². The highest BCUT2D eigenvalue weighted by atomic mass is 32.3. The predicted molar refractivity (Wildman–Crippen MR) is 102 cm³/mol. The molecule has 0 heterocycles. The molecule has 0 radical (unpaired) electrons. The summed E-state index contributed by atoms with van der Waals surface area (Å²) in [5, 5.41) is 9.17. The van der Waals surface area contributed by atoms with Crippen LogP contribution in [0.2, 0.25) is 0 Å². The molecule has 0 saturated carbocycles. The largest absolute Gasteiger partial charge is 0.726 e. The normalized spacial score (nSPS) is 10.3. The third-order valence-corrected chi connectivity index (χ3v) is 3.24. The Morgan fingerprint density at radius 2 is 1.46 bits per heavy atom. The Morgan fingerprint density at radius 1 is 0.964 bits per heavy atom. The average molecular weight is 410 g/mol. The van der Waals surface area contributed by atoms with E-state index in [9.17, 15) is 0 Å². The molecule has 0 aliphatic carbocycles. The molecule has 0 saturated heterocycles. The van der Waals surface area contributed by atoms with Crippen molar-refractivity contribution in [3.63, 3.8) is 0 Å². The Labute approximate surface area is 164 Å². The minimum absolute atomic E-state index is 0.352. The summed E-state index contributed by atoms with van der Waals surface area (Å²) in [7, 11) is -4.92. The first kappa shape index (κ1) is 23.2. The Bertz CT molecular complexity index is 899. The van der Waals surface area contributed by atoms with E-state index < -0.39 is 10.4 Å². The Hall–Kier alpha value is -2.87. The van der Waals surface area contributed by atoms with Gasteiger partial charge in [-0.25, -0.2) is 8.42 Å². The highest BCUT2D eigenvalue weighted by molar-refractivity contribution is 7.79. The van der Waals surface area contributed by atoms with Gasteiger partial charge in [0.05, 0.1) is 25.9 Å². The van der Waals surface area contributed by atoms with Crippen LogP contribution >= 0.6 is 0 Å². The molecular formula is C18H22N2O7S. The first-order valence-electron chi connectivity index (χ1n) is 8.43. The zero-order chi connectivity index (χ0) is 21.2. The van der Waals surface area contributed by atoms with Gasteiger partial charge in [-0.1, -0.05) is 12.1 Å². The molecular weight excluding hydrogens is 388 g/mol. The van der Waals surface area contributed by atoms with Crippen molar-refractivity contribution in [3.05, 3.63) is 41.4 Å². The van der Waals surface area contributed by atoms with Crippen LogP contribution in [0.5, 0.6) is 17.2 Å². The standard InChI is InChI=1S/C18H21N2O3.H2O4S/c1-4-21-14-9-7-13(8-10-14)15-11-18(23-6-3)16(20-19)12-17(15)22-5-2;1-5(2,3)4/h7-12H,4-6H2,1-3H3;(H2,1,2,3,4)/q+1;/p-1. The SMILES string of the molecule is CCOc1ccc(-c2cc(OCC)c([N+]#N)cc2OCC)cc1.O=S(=O)([O-])O. The first-order chi connectivity index (χ1) is 13.2. The number of hydrogen-bond acceptors (Lipinski definition) is 7. The van der Waals surface area contributed by atoms with E-state index in [-0.39, 0.29) is 0 Å². The summed E-state index contributed by atoms with van der Waals surface area (Å²) in [4.78, 5) is 3.28. The number of benzene rings is 2. The summed E-state index contributed by atoms with van der Waals surface area (Å²) in [6.45, 7) is 7.38. The Kier molecular flexibility index (Phi) is 9.17. The lowest BCUT2D eigenvalue weighted by molar-refractivity contribution is 0.333. The molecule has 0 aliphatic rings. The molecule has 0 aliphatic heterocycles. The molecule has 2 rings (SSSR count). The van der Waals surface area contributed by atoms with E-state index in [0.29, 0.717) is 37.0 Å². The molecule has 0 fully saturated rings. The summed E-state index contributed by atoms with van der Waals surface area (Å²) in [5.41, 5.74) is 2.21. The van der Waals surface area contributed by atoms with E-state index in [1.54, 1.807) is 6.07 Å². The van der Waals surface area contributed by atoms with E-state index in [1.807, 2.05) is 51.1 Å². The van der Waals surface area contributed by atoms with Crippen molar-refractivity contribution in [2.75, 3.05) is 19.8 Å². The van der Waals surface area contributed by atoms with E-state index >= 15 is 0 Å². The second-order valence-corrected chi connectivity index (χ2v) is 6.02. The Morgan fingerprint density at radius 3 is 1.93 bits per heavy atom. The van der Waals surface area contributed by atoms with Crippen LogP contribution in [-0.2, 0) is 10.4 Å². The van der Waals surface area contributed by atoms with Crippen LogP contribution in [0.4, 0.5) is 5.69 Å². The lowest BCUT2D eigenvalue weighted by atomic mass is 10.0. The molecule has 0 spiro atoms. The van der Waals surface area contributed by atoms with Gasteiger partial charge >= 0.3 is 5.69 Å². The topological polar surface area (TPSA) is 133 Å². The molecule has 10 heteroatoms. The van der Waals surface area contributed by atoms with Gasteiger partial charge in [0.15, 0.2) is 4.98 Å². The number of ether oxygens (including phenoxy) is 3. The van der Waals surface area contributed by atoms with Crippen molar-refractivity contribution in [3.8, 4) is 28.4 Å². The number of nitrogens with zero attached hydrogens (tertiary/aromatic N) is 2. The predicted octanol–water partition coefficient (Wildman–Crippen LogP) is 4.04. The fraction of sp³-hybridized carbons (Fsp3) is 0.333. The zero-order valence-electron chi connectivity index (χ0n) is 15.8. The number of rotatable bonds is 7. The maximum absolute atomic E-state index is 9.17.